The molecule has 0 N–H and O–H groups in total. The van der Waals surface area contributed by atoms with Gasteiger partial charge in [0, 0.05) is 16.9 Å². The smallest absolute Gasteiger partial charge is 0.206 e. The zero-order chi connectivity index (χ0) is 22.7. The number of fused-ring (bicyclic) bond motifs is 1. The minimum atomic E-state index is -4.71. The molecule has 32 heavy (non-hydrogen) atoms. The van der Waals surface area contributed by atoms with E-state index < -0.39 is 17.6 Å². The van der Waals surface area contributed by atoms with Crippen molar-refractivity contribution >= 4 is 10.8 Å². The summed E-state index contributed by atoms with van der Waals surface area (Å²) in [5.41, 5.74) is 1.45. The molecule has 4 heteroatoms. The molecule has 1 fully saturated rings. The van der Waals surface area contributed by atoms with E-state index in [1.165, 1.54) is 50.7 Å². The Bertz CT molecular complexity index is 1140. The zero-order valence-electron chi connectivity index (χ0n) is 18.1. The molecule has 0 radical (unpaired) electrons. The van der Waals surface area contributed by atoms with Gasteiger partial charge in [-0.2, -0.15) is 13.2 Å². The van der Waals surface area contributed by atoms with Crippen molar-refractivity contribution in [2.75, 3.05) is 0 Å². The molecule has 1 saturated carbocycles. The molecule has 0 nitrogen and oxygen atoms in total. The van der Waals surface area contributed by atoms with Crippen molar-refractivity contribution in [2.45, 2.75) is 51.6 Å². The van der Waals surface area contributed by atoms with E-state index in [-0.39, 0.29) is 5.39 Å². The summed E-state index contributed by atoms with van der Waals surface area (Å²) < 4.78 is 53.1. The van der Waals surface area contributed by atoms with Crippen LogP contribution in [0.4, 0.5) is 17.6 Å². The van der Waals surface area contributed by atoms with Gasteiger partial charge >= 0.3 is 6.18 Å². The van der Waals surface area contributed by atoms with E-state index >= 15 is 0 Å². The number of alkyl halides is 3. The van der Waals surface area contributed by atoms with Gasteiger partial charge in [0.05, 0.1) is 5.56 Å². The summed E-state index contributed by atoms with van der Waals surface area (Å²) in [4.78, 5) is 0. The van der Waals surface area contributed by atoms with E-state index in [0.717, 1.165) is 28.7 Å². The van der Waals surface area contributed by atoms with Crippen molar-refractivity contribution < 1.29 is 17.6 Å². The maximum Gasteiger partial charge on any atom is 0.419 e. The van der Waals surface area contributed by atoms with Gasteiger partial charge in [-0.25, -0.2) is 4.39 Å². The van der Waals surface area contributed by atoms with Crippen LogP contribution in [-0.4, -0.2) is 0 Å². The summed E-state index contributed by atoms with van der Waals surface area (Å²) in [6.45, 7) is 2.25. The Morgan fingerprint density at radius 2 is 1.56 bits per heavy atom. The van der Waals surface area contributed by atoms with Gasteiger partial charge in [0.25, 0.3) is 0 Å². The molecule has 0 spiro atoms. The fraction of sp³-hybridized carbons (Fsp3) is 0.357. The molecular formula is C28H26F4. The van der Waals surface area contributed by atoms with Crippen LogP contribution in [0.2, 0.25) is 0 Å². The molecule has 4 rings (SSSR count). The molecule has 166 valence electrons. The Hall–Kier alpha value is -2.80. The maximum atomic E-state index is 14.3. The lowest BCUT2D eigenvalue weighted by atomic mass is 9.80. The third kappa shape index (κ3) is 4.99. The number of rotatable bonds is 3. The van der Waals surface area contributed by atoms with Crippen LogP contribution < -0.4 is 0 Å². The molecular weight excluding hydrogens is 412 g/mol. The molecule has 0 bridgehead atoms. The third-order valence-corrected chi connectivity index (χ3v) is 6.44. The van der Waals surface area contributed by atoms with Gasteiger partial charge in [-0.15, -0.1) is 0 Å². The summed E-state index contributed by atoms with van der Waals surface area (Å²) in [6, 6.07) is 14.7. The van der Waals surface area contributed by atoms with Crippen molar-refractivity contribution in [1.82, 2.24) is 0 Å². The molecule has 3 aromatic rings. The molecule has 0 heterocycles. The first-order chi connectivity index (χ1) is 15.3. The highest BCUT2D eigenvalue weighted by Crippen LogP contribution is 2.36. The second kappa shape index (κ2) is 9.36. The third-order valence-electron chi connectivity index (χ3n) is 6.44. The number of hydrogen-bond acceptors (Lipinski definition) is 0. The number of halogens is 4. The Balaban J connectivity index is 1.49. The fourth-order valence-electron chi connectivity index (χ4n) is 4.63. The van der Waals surface area contributed by atoms with Crippen molar-refractivity contribution in [3.05, 3.63) is 71.5 Å². The Morgan fingerprint density at radius 1 is 0.875 bits per heavy atom. The molecule has 0 aromatic heterocycles. The molecule has 0 unspecified atom stereocenters. The van der Waals surface area contributed by atoms with Gasteiger partial charge in [-0.3, -0.25) is 0 Å². The van der Waals surface area contributed by atoms with Gasteiger partial charge < -0.3 is 0 Å². The van der Waals surface area contributed by atoms with E-state index in [1.54, 1.807) is 12.1 Å². The Labute approximate surface area is 186 Å². The topological polar surface area (TPSA) is 0 Å². The van der Waals surface area contributed by atoms with Gasteiger partial charge in [-0.05, 0) is 72.4 Å². The summed E-state index contributed by atoms with van der Waals surface area (Å²) in [5, 5.41) is 0.412. The van der Waals surface area contributed by atoms with Gasteiger partial charge in [0.2, 0.25) is 0 Å². The average molecular weight is 439 g/mol. The van der Waals surface area contributed by atoms with Crippen molar-refractivity contribution in [2.24, 2.45) is 11.8 Å². The molecule has 1 aliphatic rings. The lowest BCUT2D eigenvalue weighted by Crippen LogP contribution is -2.13. The number of hydrogen-bond donors (Lipinski definition) is 0. The summed E-state index contributed by atoms with van der Waals surface area (Å²) in [6.07, 6.45) is 2.79. The van der Waals surface area contributed by atoms with Crippen LogP contribution in [-0.2, 0) is 6.18 Å². The first-order valence-corrected chi connectivity index (χ1v) is 11.3. The van der Waals surface area contributed by atoms with Gasteiger partial charge in [0.1, 0.15) is 5.82 Å². The molecule has 1 aliphatic carbocycles. The lowest BCUT2D eigenvalue weighted by molar-refractivity contribution is -0.139. The molecule has 0 amide bonds. The quantitative estimate of drug-likeness (QED) is 0.284. The van der Waals surface area contributed by atoms with Gasteiger partial charge in [-0.1, -0.05) is 61.9 Å². The second-order valence-corrected chi connectivity index (χ2v) is 8.71. The van der Waals surface area contributed by atoms with Crippen LogP contribution in [0.5, 0.6) is 0 Å². The van der Waals surface area contributed by atoms with Crippen LogP contribution >= 0.6 is 0 Å². The molecule has 3 aromatic carbocycles. The SMILES string of the molecule is CCCC1CCC(C#Cc2ccc(-c3ccc4c(F)c(C(F)(F)F)ccc4c3)cc2)CC1. The largest absolute Gasteiger partial charge is 0.419 e. The van der Waals surface area contributed by atoms with Crippen molar-refractivity contribution in [1.29, 1.82) is 0 Å². The molecule has 0 atom stereocenters. The standard InChI is InChI=1S/C28H26F4/c1-2-3-19-4-6-20(7-5-19)8-9-21-10-12-22(13-11-21)23-14-16-25-24(18-23)15-17-26(27(25)29)28(30,31)32/h10-20H,2-7H2,1H3. The van der Waals surface area contributed by atoms with Crippen LogP contribution in [0, 0.1) is 29.5 Å². The second-order valence-electron chi connectivity index (χ2n) is 8.71. The predicted octanol–water partition coefficient (Wildman–Crippen LogP) is 8.62. The average Bonchev–Trinajstić information content (AvgIpc) is 2.78. The maximum absolute atomic E-state index is 14.3. The molecule has 0 aliphatic heterocycles. The first kappa shape index (κ1) is 22.4. The normalized spacial score (nSPS) is 18.9. The van der Waals surface area contributed by atoms with E-state index in [4.69, 9.17) is 0 Å². The van der Waals surface area contributed by atoms with Crippen LogP contribution in [0.1, 0.15) is 56.6 Å². The monoisotopic (exact) mass is 438 g/mol. The highest BCUT2D eigenvalue weighted by Gasteiger charge is 2.34. The zero-order valence-corrected chi connectivity index (χ0v) is 18.1. The minimum absolute atomic E-state index is 0.0280. The predicted molar refractivity (Wildman–Crippen MR) is 122 cm³/mol. The van der Waals surface area contributed by atoms with E-state index in [0.29, 0.717) is 11.3 Å². The minimum Gasteiger partial charge on any atom is -0.206 e. The van der Waals surface area contributed by atoms with Gasteiger partial charge in [0.15, 0.2) is 0 Å². The van der Waals surface area contributed by atoms with E-state index in [2.05, 4.69) is 18.8 Å². The van der Waals surface area contributed by atoms with Crippen LogP contribution in [0.3, 0.4) is 0 Å². The molecule has 0 saturated heterocycles. The van der Waals surface area contributed by atoms with E-state index in [9.17, 15) is 17.6 Å². The van der Waals surface area contributed by atoms with Crippen LogP contribution in [0.15, 0.2) is 54.6 Å². The summed E-state index contributed by atoms with van der Waals surface area (Å²) >= 11 is 0. The highest BCUT2D eigenvalue weighted by molar-refractivity contribution is 5.88. The fourth-order valence-corrected chi connectivity index (χ4v) is 4.63. The Morgan fingerprint density at radius 3 is 2.22 bits per heavy atom. The summed E-state index contributed by atoms with van der Waals surface area (Å²) in [7, 11) is 0. The van der Waals surface area contributed by atoms with E-state index in [1.807, 2.05) is 24.3 Å². The number of benzene rings is 3. The summed E-state index contributed by atoms with van der Waals surface area (Å²) in [5.74, 6) is 6.83. The van der Waals surface area contributed by atoms with Crippen molar-refractivity contribution in [3.8, 4) is 23.0 Å². The van der Waals surface area contributed by atoms with Crippen molar-refractivity contribution in [3.63, 3.8) is 0 Å². The Kier molecular flexibility index (Phi) is 6.55. The first-order valence-electron chi connectivity index (χ1n) is 11.3. The highest BCUT2D eigenvalue weighted by atomic mass is 19.4. The van der Waals surface area contributed by atoms with Crippen LogP contribution in [0.25, 0.3) is 21.9 Å². The lowest BCUT2D eigenvalue weighted by Gasteiger charge is -2.25.